The summed E-state index contributed by atoms with van der Waals surface area (Å²) in [7, 11) is -0.888. The molecule has 8 heteroatoms. The second-order valence-electron chi connectivity index (χ2n) is 7.21. The lowest BCUT2D eigenvalue weighted by molar-refractivity contribution is -0.124. The monoisotopic (exact) mass is 452 g/mol. The van der Waals surface area contributed by atoms with Crippen molar-refractivity contribution < 1.29 is 22.7 Å². The van der Waals surface area contributed by atoms with Crippen LogP contribution in [0.15, 0.2) is 89.8 Å². The molecular formula is C24H24N2O5S. The zero-order valence-electron chi connectivity index (χ0n) is 17.8. The van der Waals surface area contributed by atoms with Crippen LogP contribution >= 0.6 is 0 Å². The maximum absolute atomic E-state index is 12.6. The van der Waals surface area contributed by atoms with Gasteiger partial charge in [-0.2, -0.15) is 0 Å². The molecule has 32 heavy (non-hydrogen) atoms. The SMILES string of the molecule is CN(C)S(=O)(=O)c1cccc(C(=O)OCC(=O)NC(c2ccccc2)c2ccccc2)c1. The fraction of sp³-hybridized carbons (Fsp3) is 0.167. The van der Waals surface area contributed by atoms with Gasteiger partial charge in [-0.1, -0.05) is 66.7 Å². The van der Waals surface area contributed by atoms with E-state index in [1.165, 1.54) is 38.4 Å². The fourth-order valence-corrected chi connectivity index (χ4v) is 4.01. The molecule has 0 aliphatic carbocycles. The Kier molecular flexibility index (Phi) is 7.40. The number of esters is 1. The number of nitrogens with zero attached hydrogens (tertiary/aromatic N) is 1. The van der Waals surface area contributed by atoms with Crippen molar-refractivity contribution in [3.63, 3.8) is 0 Å². The van der Waals surface area contributed by atoms with Crippen LogP contribution in [0.1, 0.15) is 27.5 Å². The van der Waals surface area contributed by atoms with Gasteiger partial charge in [0.05, 0.1) is 16.5 Å². The Labute approximate surface area is 187 Å². The van der Waals surface area contributed by atoms with Crippen molar-refractivity contribution in [2.75, 3.05) is 20.7 Å². The first-order chi connectivity index (χ1) is 15.3. The quantitative estimate of drug-likeness (QED) is 0.531. The fourth-order valence-electron chi connectivity index (χ4n) is 3.06. The number of carbonyl (C=O) groups excluding carboxylic acids is 2. The molecule has 0 heterocycles. The molecule has 0 spiro atoms. The van der Waals surface area contributed by atoms with E-state index in [2.05, 4.69) is 5.32 Å². The number of nitrogens with one attached hydrogen (secondary N) is 1. The zero-order chi connectivity index (χ0) is 23.1. The van der Waals surface area contributed by atoms with E-state index in [1.807, 2.05) is 60.7 Å². The molecular weight excluding hydrogens is 428 g/mol. The molecule has 1 amide bonds. The first-order valence-corrected chi connectivity index (χ1v) is 11.3. The number of amides is 1. The molecule has 0 radical (unpaired) electrons. The van der Waals surface area contributed by atoms with Crippen LogP contribution < -0.4 is 5.32 Å². The average molecular weight is 453 g/mol. The van der Waals surface area contributed by atoms with Crippen LogP contribution in [0.2, 0.25) is 0 Å². The van der Waals surface area contributed by atoms with E-state index >= 15 is 0 Å². The van der Waals surface area contributed by atoms with E-state index in [-0.39, 0.29) is 10.5 Å². The number of carbonyl (C=O) groups is 2. The van der Waals surface area contributed by atoms with Crippen molar-refractivity contribution in [1.82, 2.24) is 9.62 Å². The van der Waals surface area contributed by atoms with Crippen molar-refractivity contribution in [3.05, 3.63) is 102 Å². The molecule has 0 aromatic heterocycles. The van der Waals surface area contributed by atoms with Gasteiger partial charge in [-0.25, -0.2) is 17.5 Å². The van der Waals surface area contributed by atoms with Crippen LogP contribution in [0.4, 0.5) is 0 Å². The predicted molar refractivity (Wildman–Crippen MR) is 120 cm³/mol. The number of rotatable bonds is 8. The summed E-state index contributed by atoms with van der Waals surface area (Å²) in [5.41, 5.74) is 1.82. The number of hydrogen-bond donors (Lipinski definition) is 1. The highest BCUT2D eigenvalue weighted by molar-refractivity contribution is 7.89. The van der Waals surface area contributed by atoms with Gasteiger partial charge in [-0.05, 0) is 29.3 Å². The van der Waals surface area contributed by atoms with Crippen molar-refractivity contribution in [1.29, 1.82) is 0 Å². The zero-order valence-corrected chi connectivity index (χ0v) is 18.6. The topological polar surface area (TPSA) is 92.8 Å². The molecule has 0 bridgehead atoms. The Morgan fingerprint density at radius 1 is 0.875 bits per heavy atom. The van der Waals surface area contributed by atoms with Crippen LogP contribution in [0.5, 0.6) is 0 Å². The Morgan fingerprint density at radius 3 is 1.97 bits per heavy atom. The molecule has 0 fully saturated rings. The smallest absolute Gasteiger partial charge is 0.338 e. The Morgan fingerprint density at radius 2 is 1.44 bits per heavy atom. The van der Waals surface area contributed by atoms with Gasteiger partial charge in [0.25, 0.3) is 5.91 Å². The van der Waals surface area contributed by atoms with E-state index in [9.17, 15) is 18.0 Å². The third kappa shape index (κ3) is 5.60. The molecule has 0 aliphatic rings. The summed E-state index contributed by atoms with van der Waals surface area (Å²) in [5, 5.41) is 2.89. The van der Waals surface area contributed by atoms with Gasteiger partial charge in [0.2, 0.25) is 10.0 Å². The minimum absolute atomic E-state index is 0.0328. The van der Waals surface area contributed by atoms with Gasteiger partial charge in [0.1, 0.15) is 0 Å². The van der Waals surface area contributed by atoms with Crippen LogP contribution in [0, 0.1) is 0 Å². The third-order valence-electron chi connectivity index (χ3n) is 4.75. The normalized spacial score (nSPS) is 11.4. The summed E-state index contributed by atoms with van der Waals surface area (Å²) in [5.74, 6) is -1.26. The molecule has 0 saturated carbocycles. The van der Waals surface area contributed by atoms with E-state index < -0.39 is 34.5 Å². The maximum Gasteiger partial charge on any atom is 0.338 e. The summed E-state index contributed by atoms with van der Waals surface area (Å²) in [4.78, 5) is 24.9. The summed E-state index contributed by atoms with van der Waals surface area (Å²) in [6, 6.07) is 24.0. The Bertz CT molecular complexity index is 1140. The summed E-state index contributed by atoms with van der Waals surface area (Å²) >= 11 is 0. The maximum atomic E-state index is 12.6. The van der Waals surface area contributed by atoms with E-state index in [4.69, 9.17) is 4.74 Å². The first kappa shape index (κ1) is 23.2. The van der Waals surface area contributed by atoms with E-state index in [0.29, 0.717) is 0 Å². The van der Waals surface area contributed by atoms with Crippen molar-refractivity contribution in [3.8, 4) is 0 Å². The molecule has 3 aromatic rings. The van der Waals surface area contributed by atoms with Gasteiger partial charge in [-0.3, -0.25) is 4.79 Å². The molecule has 0 aliphatic heterocycles. The number of sulfonamides is 1. The highest BCUT2D eigenvalue weighted by atomic mass is 32.2. The van der Waals surface area contributed by atoms with Gasteiger partial charge in [-0.15, -0.1) is 0 Å². The highest BCUT2D eigenvalue weighted by Gasteiger charge is 2.21. The van der Waals surface area contributed by atoms with Crippen molar-refractivity contribution >= 4 is 21.9 Å². The largest absolute Gasteiger partial charge is 0.452 e. The van der Waals surface area contributed by atoms with E-state index in [1.54, 1.807) is 0 Å². The third-order valence-corrected chi connectivity index (χ3v) is 6.56. The van der Waals surface area contributed by atoms with Crippen LogP contribution in [0.3, 0.4) is 0 Å². The van der Waals surface area contributed by atoms with Crippen molar-refractivity contribution in [2.45, 2.75) is 10.9 Å². The predicted octanol–water partition coefficient (Wildman–Crippen LogP) is 3.00. The molecule has 0 unspecified atom stereocenters. The molecule has 1 N–H and O–H groups in total. The molecule has 3 rings (SSSR count). The summed E-state index contributed by atoms with van der Waals surface area (Å²) in [6.45, 7) is -0.500. The molecule has 0 saturated heterocycles. The Balaban J connectivity index is 1.69. The molecule has 7 nitrogen and oxygen atoms in total. The standard InChI is InChI=1S/C24H24N2O5S/c1-26(2)32(29,30)21-15-9-14-20(16-21)24(28)31-17-22(27)25-23(18-10-5-3-6-11-18)19-12-7-4-8-13-19/h3-16,23H,17H2,1-2H3,(H,25,27). The minimum atomic E-state index is -3.70. The first-order valence-electron chi connectivity index (χ1n) is 9.88. The van der Waals surface area contributed by atoms with Gasteiger partial charge >= 0.3 is 5.97 Å². The number of benzene rings is 3. The molecule has 0 atom stereocenters. The lowest BCUT2D eigenvalue weighted by Gasteiger charge is -2.20. The average Bonchev–Trinajstić information content (AvgIpc) is 2.82. The van der Waals surface area contributed by atoms with Crippen molar-refractivity contribution in [2.24, 2.45) is 0 Å². The number of hydrogen-bond acceptors (Lipinski definition) is 5. The van der Waals surface area contributed by atoms with Crippen LogP contribution in [-0.4, -0.2) is 45.3 Å². The second-order valence-corrected chi connectivity index (χ2v) is 9.37. The Hall–Kier alpha value is -3.49. The van der Waals surface area contributed by atoms with Crippen LogP contribution in [-0.2, 0) is 19.6 Å². The molecule has 3 aromatic carbocycles. The summed E-state index contributed by atoms with van der Waals surface area (Å²) in [6.07, 6.45) is 0. The lowest BCUT2D eigenvalue weighted by Crippen LogP contribution is -2.33. The second kappa shape index (κ2) is 10.2. The van der Waals surface area contributed by atoms with Gasteiger partial charge < -0.3 is 10.1 Å². The molecule has 166 valence electrons. The van der Waals surface area contributed by atoms with Gasteiger partial charge in [0, 0.05) is 14.1 Å². The van der Waals surface area contributed by atoms with Gasteiger partial charge in [0.15, 0.2) is 6.61 Å². The van der Waals surface area contributed by atoms with Crippen LogP contribution in [0.25, 0.3) is 0 Å². The number of ether oxygens (including phenoxy) is 1. The van der Waals surface area contributed by atoms with E-state index in [0.717, 1.165) is 15.4 Å². The highest BCUT2D eigenvalue weighted by Crippen LogP contribution is 2.21. The lowest BCUT2D eigenvalue weighted by atomic mass is 9.99. The summed E-state index contributed by atoms with van der Waals surface area (Å²) < 4.78 is 30.7. The minimum Gasteiger partial charge on any atom is -0.452 e.